The van der Waals surface area contributed by atoms with Crippen LogP contribution in [0.1, 0.15) is 33.6 Å². The molecule has 0 saturated carbocycles. The standard InChI is InChI=1S/C8H19B2N/c1-8(2,3)11-6(9)4-5-7(11)10/h6-7H,4-5,9-10H2,1-3H3. The van der Waals surface area contributed by atoms with Crippen LogP contribution in [0, 0.1) is 0 Å². The Labute approximate surface area is 72.4 Å². The molecule has 3 heteroatoms. The van der Waals surface area contributed by atoms with Crippen LogP contribution in [-0.2, 0) is 0 Å². The monoisotopic (exact) mass is 151 g/mol. The van der Waals surface area contributed by atoms with E-state index in [2.05, 4.69) is 41.4 Å². The highest BCUT2D eigenvalue weighted by Gasteiger charge is 2.34. The van der Waals surface area contributed by atoms with E-state index in [0.717, 1.165) is 11.9 Å². The maximum absolute atomic E-state index is 2.63. The van der Waals surface area contributed by atoms with E-state index in [0.29, 0.717) is 5.54 Å². The van der Waals surface area contributed by atoms with Crippen LogP contribution in [0.5, 0.6) is 0 Å². The first-order valence-corrected chi connectivity index (χ1v) is 4.71. The Balaban J connectivity index is 2.69. The van der Waals surface area contributed by atoms with Crippen molar-refractivity contribution in [2.24, 2.45) is 0 Å². The van der Waals surface area contributed by atoms with E-state index < -0.39 is 0 Å². The van der Waals surface area contributed by atoms with Crippen molar-refractivity contribution in [2.75, 3.05) is 0 Å². The molecule has 0 aromatic rings. The molecular weight excluding hydrogens is 132 g/mol. The van der Waals surface area contributed by atoms with Crippen LogP contribution in [0.15, 0.2) is 0 Å². The number of rotatable bonds is 0. The third-order valence-corrected chi connectivity index (χ3v) is 2.73. The second kappa shape index (κ2) is 2.85. The Morgan fingerprint density at radius 3 is 1.64 bits per heavy atom. The lowest BCUT2D eigenvalue weighted by atomic mass is 9.88. The first kappa shape index (κ1) is 9.18. The lowest BCUT2D eigenvalue weighted by Crippen LogP contribution is -2.49. The van der Waals surface area contributed by atoms with Crippen molar-refractivity contribution in [3.8, 4) is 0 Å². The van der Waals surface area contributed by atoms with E-state index in [1.807, 2.05) is 0 Å². The zero-order valence-corrected chi connectivity index (χ0v) is 8.52. The van der Waals surface area contributed by atoms with Crippen molar-refractivity contribution >= 4 is 15.7 Å². The minimum absolute atomic E-state index is 0.356. The van der Waals surface area contributed by atoms with Gasteiger partial charge in [0.2, 0.25) is 0 Å². The highest BCUT2D eigenvalue weighted by molar-refractivity contribution is 6.15. The summed E-state index contributed by atoms with van der Waals surface area (Å²) in [6.07, 6.45) is 2.75. The van der Waals surface area contributed by atoms with E-state index in [1.165, 1.54) is 12.8 Å². The molecule has 2 unspecified atom stereocenters. The van der Waals surface area contributed by atoms with Gasteiger partial charge >= 0.3 is 0 Å². The van der Waals surface area contributed by atoms with Gasteiger partial charge in [-0.15, -0.1) is 0 Å². The Kier molecular flexibility index (Phi) is 2.38. The Hall–Kier alpha value is 0.0899. The minimum atomic E-state index is 0.356. The number of hydrogen-bond acceptors (Lipinski definition) is 1. The predicted molar refractivity (Wildman–Crippen MR) is 55.5 cm³/mol. The summed E-state index contributed by atoms with van der Waals surface area (Å²) in [4.78, 5) is 2.63. The highest BCUT2D eigenvalue weighted by atomic mass is 15.2. The van der Waals surface area contributed by atoms with Gasteiger partial charge in [0.25, 0.3) is 0 Å². The van der Waals surface area contributed by atoms with Crippen molar-refractivity contribution in [3.05, 3.63) is 0 Å². The maximum Gasteiger partial charge on any atom is 0.123 e. The molecule has 0 aromatic carbocycles. The second-order valence-corrected chi connectivity index (χ2v) is 4.85. The molecule has 1 saturated heterocycles. The fourth-order valence-electron chi connectivity index (χ4n) is 2.52. The molecule has 11 heavy (non-hydrogen) atoms. The molecule has 1 rings (SSSR count). The number of hydrogen-bond donors (Lipinski definition) is 0. The molecule has 1 heterocycles. The molecule has 1 aliphatic rings. The third-order valence-electron chi connectivity index (χ3n) is 2.73. The quantitative estimate of drug-likeness (QED) is 0.433. The zero-order chi connectivity index (χ0) is 8.65. The van der Waals surface area contributed by atoms with Gasteiger partial charge in [-0.25, -0.2) is 0 Å². The van der Waals surface area contributed by atoms with Crippen molar-refractivity contribution in [1.29, 1.82) is 0 Å². The fraction of sp³-hybridized carbons (Fsp3) is 1.00. The molecule has 0 N–H and O–H groups in total. The maximum atomic E-state index is 2.63. The summed E-state index contributed by atoms with van der Waals surface area (Å²) in [5.41, 5.74) is 0.356. The summed E-state index contributed by atoms with van der Waals surface area (Å²) < 4.78 is 0. The molecule has 1 nitrogen and oxygen atoms in total. The van der Waals surface area contributed by atoms with Gasteiger partial charge in [0.1, 0.15) is 15.7 Å². The average Bonchev–Trinajstić information content (AvgIpc) is 2.08. The minimum Gasteiger partial charge on any atom is -0.309 e. The second-order valence-electron chi connectivity index (χ2n) is 4.85. The first-order chi connectivity index (χ1) is 4.93. The van der Waals surface area contributed by atoms with E-state index in [4.69, 9.17) is 0 Å². The summed E-state index contributed by atoms with van der Waals surface area (Å²) in [5.74, 6) is 1.56. The van der Waals surface area contributed by atoms with Crippen LogP contribution in [0.3, 0.4) is 0 Å². The first-order valence-electron chi connectivity index (χ1n) is 4.71. The lowest BCUT2D eigenvalue weighted by molar-refractivity contribution is 0.140. The van der Waals surface area contributed by atoms with Crippen molar-refractivity contribution < 1.29 is 0 Å². The molecule has 1 aliphatic heterocycles. The highest BCUT2D eigenvalue weighted by Crippen LogP contribution is 2.28. The van der Waals surface area contributed by atoms with Gasteiger partial charge < -0.3 is 4.90 Å². The molecular formula is C8H19B2N. The summed E-state index contributed by atoms with van der Waals surface area (Å²) >= 11 is 0. The SMILES string of the molecule is BC1CCC(B)N1C(C)(C)C. The van der Waals surface area contributed by atoms with E-state index in [1.54, 1.807) is 0 Å². The summed E-state index contributed by atoms with van der Waals surface area (Å²) in [5, 5.41) is 0. The molecule has 0 radical (unpaired) electrons. The predicted octanol–water partition coefficient (Wildman–Crippen LogP) is -0.201. The Morgan fingerprint density at radius 1 is 1.09 bits per heavy atom. The lowest BCUT2D eigenvalue weighted by Gasteiger charge is -2.39. The molecule has 0 aliphatic carbocycles. The van der Waals surface area contributed by atoms with Crippen molar-refractivity contribution in [3.63, 3.8) is 0 Å². The Bertz CT molecular complexity index is 132. The van der Waals surface area contributed by atoms with Crippen LogP contribution >= 0.6 is 0 Å². The third kappa shape index (κ3) is 1.81. The smallest absolute Gasteiger partial charge is 0.123 e. The zero-order valence-electron chi connectivity index (χ0n) is 8.52. The molecule has 0 amide bonds. The normalized spacial score (nSPS) is 34.5. The van der Waals surface area contributed by atoms with Crippen molar-refractivity contribution in [1.82, 2.24) is 4.90 Å². The van der Waals surface area contributed by atoms with Gasteiger partial charge in [-0.2, -0.15) is 0 Å². The van der Waals surface area contributed by atoms with Gasteiger partial charge in [0.15, 0.2) is 0 Å². The van der Waals surface area contributed by atoms with Crippen LogP contribution in [0.4, 0.5) is 0 Å². The topological polar surface area (TPSA) is 3.24 Å². The summed E-state index contributed by atoms with van der Waals surface area (Å²) in [6.45, 7) is 6.93. The molecule has 0 bridgehead atoms. The van der Waals surface area contributed by atoms with Crippen LogP contribution in [0.25, 0.3) is 0 Å². The van der Waals surface area contributed by atoms with E-state index in [-0.39, 0.29) is 0 Å². The number of likely N-dealkylation sites (tertiary alicyclic amines) is 1. The number of nitrogens with zero attached hydrogens (tertiary/aromatic N) is 1. The van der Waals surface area contributed by atoms with Crippen molar-refractivity contribution in [2.45, 2.75) is 51.0 Å². The molecule has 62 valence electrons. The van der Waals surface area contributed by atoms with Gasteiger partial charge in [-0.3, -0.25) is 0 Å². The Morgan fingerprint density at radius 2 is 1.45 bits per heavy atom. The van der Waals surface area contributed by atoms with Crippen LogP contribution < -0.4 is 0 Å². The molecule has 2 atom stereocenters. The summed E-state index contributed by atoms with van der Waals surface area (Å²) in [7, 11) is 4.68. The fourth-order valence-corrected chi connectivity index (χ4v) is 2.52. The van der Waals surface area contributed by atoms with Gasteiger partial charge in [-0.05, 0) is 45.5 Å². The van der Waals surface area contributed by atoms with Crippen LogP contribution in [-0.4, -0.2) is 38.0 Å². The molecule has 0 spiro atoms. The molecule has 1 fully saturated rings. The molecule has 0 aromatic heterocycles. The van der Waals surface area contributed by atoms with Gasteiger partial charge in [0.05, 0.1) is 0 Å². The largest absolute Gasteiger partial charge is 0.309 e. The van der Waals surface area contributed by atoms with Gasteiger partial charge in [0, 0.05) is 5.54 Å². The average molecular weight is 151 g/mol. The van der Waals surface area contributed by atoms with E-state index in [9.17, 15) is 0 Å². The van der Waals surface area contributed by atoms with Crippen LogP contribution in [0.2, 0.25) is 0 Å². The van der Waals surface area contributed by atoms with E-state index >= 15 is 0 Å². The van der Waals surface area contributed by atoms with Gasteiger partial charge in [-0.1, -0.05) is 0 Å². The summed E-state index contributed by atoms with van der Waals surface area (Å²) in [6, 6.07) is 0.